The summed E-state index contributed by atoms with van der Waals surface area (Å²) < 4.78 is 0. The molecular weight excluding hydrogens is 362 g/mol. The summed E-state index contributed by atoms with van der Waals surface area (Å²) in [6, 6.07) is 0.615. The van der Waals surface area contributed by atoms with Crippen molar-refractivity contribution in [2.45, 2.75) is 12.5 Å². The maximum atomic E-state index is 5.39. The van der Waals surface area contributed by atoms with Crippen molar-refractivity contribution in [3.05, 3.63) is 0 Å². The van der Waals surface area contributed by atoms with Crippen LogP contribution < -0.4 is 16.4 Å². The summed E-state index contributed by atoms with van der Waals surface area (Å²) in [6.45, 7) is 4.06. The van der Waals surface area contributed by atoms with Gasteiger partial charge in [-0.25, -0.2) is 0 Å². The van der Waals surface area contributed by atoms with Crippen LogP contribution in [0.2, 0.25) is 0 Å². The predicted molar refractivity (Wildman–Crippen MR) is 61.7 cm³/mol. The number of rotatable bonds is 2. The van der Waals surface area contributed by atoms with E-state index in [1.165, 1.54) is 0 Å². The van der Waals surface area contributed by atoms with E-state index in [0.29, 0.717) is 6.04 Å². The Morgan fingerprint density at radius 3 is 2.14 bits per heavy atom. The summed E-state index contributed by atoms with van der Waals surface area (Å²) in [5, 5.41) is 6.68. The quantitative estimate of drug-likeness (QED) is 0.642. The van der Waals surface area contributed by atoms with Crippen LogP contribution in [0.1, 0.15) is 6.42 Å². The van der Waals surface area contributed by atoms with E-state index in [1.807, 2.05) is 0 Å². The number of halogens is 4. The maximum absolute atomic E-state index is 5.39. The first kappa shape index (κ1) is 15.7. The molecule has 1 heterocycles. The van der Waals surface area contributed by atoms with Gasteiger partial charge < -0.3 is 16.4 Å². The molecule has 0 aliphatic carbocycles. The van der Waals surface area contributed by atoms with Crippen molar-refractivity contribution in [1.29, 1.82) is 0 Å². The van der Waals surface area contributed by atoms with Crippen LogP contribution in [0.3, 0.4) is 0 Å². The average molecular weight is 377 g/mol. The first-order valence-corrected chi connectivity index (χ1v) is 12.1. The fraction of sp³-hybridized carbons (Fsp3) is 1.00. The Morgan fingerprint density at radius 2 is 1.79 bits per heavy atom. The molecule has 0 amide bonds. The number of nitrogens with two attached hydrogens (primary N) is 1. The average Bonchev–Trinajstić information content (AvgIpc) is 2.03. The van der Waals surface area contributed by atoms with Gasteiger partial charge >= 0.3 is 49.6 Å². The molecule has 0 aromatic heterocycles. The Balaban J connectivity index is 0.000000292. The summed E-state index contributed by atoms with van der Waals surface area (Å²) in [4.78, 5) is 0. The molecule has 3 nitrogen and oxygen atoms in total. The van der Waals surface area contributed by atoms with Gasteiger partial charge in [-0.15, -0.1) is 0 Å². The molecule has 1 atom stereocenters. The van der Waals surface area contributed by atoms with Gasteiger partial charge in [0.25, 0.3) is 0 Å². The Morgan fingerprint density at radius 1 is 1.21 bits per heavy atom. The van der Waals surface area contributed by atoms with Crippen molar-refractivity contribution in [1.82, 2.24) is 10.6 Å². The van der Waals surface area contributed by atoms with Crippen LogP contribution in [-0.2, 0) is 11.5 Å². The molecule has 4 N–H and O–H groups in total. The summed E-state index contributed by atoms with van der Waals surface area (Å²) in [7, 11) is 19.9. The summed E-state index contributed by atoms with van der Waals surface area (Å²) >= 11 is -2.81. The molecule has 1 aliphatic rings. The number of hydrogen-bond donors (Lipinski definition) is 3. The number of piperazine rings is 1. The van der Waals surface area contributed by atoms with Crippen LogP contribution in [0.15, 0.2) is 0 Å². The van der Waals surface area contributed by atoms with E-state index >= 15 is 0 Å². The van der Waals surface area contributed by atoms with Gasteiger partial charge in [-0.2, -0.15) is 0 Å². The van der Waals surface area contributed by atoms with E-state index in [-0.39, 0.29) is 0 Å². The van der Waals surface area contributed by atoms with Gasteiger partial charge in [0.15, 0.2) is 0 Å². The fourth-order valence-corrected chi connectivity index (χ4v) is 1.12. The Kier molecular flexibility index (Phi) is 9.88. The minimum atomic E-state index is -2.81. The van der Waals surface area contributed by atoms with Crippen molar-refractivity contribution in [2.75, 3.05) is 26.2 Å². The first-order chi connectivity index (χ1) is 6.43. The Hall–Kier alpha value is 1.70. The molecule has 14 heavy (non-hydrogen) atoms. The molecule has 0 radical (unpaired) electrons. The van der Waals surface area contributed by atoms with Crippen LogP contribution in [0.4, 0.5) is 0 Å². The van der Waals surface area contributed by atoms with Gasteiger partial charge in [-0.3, -0.25) is 0 Å². The SMILES string of the molecule is NCCC1CNCCN1.[Cl][Pd]([Cl])([Cl])[Cl]. The van der Waals surface area contributed by atoms with Crippen LogP contribution in [-0.4, -0.2) is 32.2 Å². The van der Waals surface area contributed by atoms with Gasteiger partial charge in [0, 0.05) is 25.7 Å². The van der Waals surface area contributed by atoms with Crippen LogP contribution in [0.25, 0.3) is 0 Å². The van der Waals surface area contributed by atoms with Crippen molar-refractivity contribution >= 4 is 38.1 Å². The molecule has 1 aliphatic heterocycles. The van der Waals surface area contributed by atoms with Crippen molar-refractivity contribution in [3.8, 4) is 0 Å². The second-order valence-electron chi connectivity index (χ2n) is 2.70. The second-order valence-corrected chi connectivity index (χ2v) is 16.9. The van der Waals surface area contributed by atoms with Crippen LogP contribution >= 0.6 is 38.1 Å². The number of nitrogens with one attached hydrogen (secondary N) is 2. The standard InChI is InChI=1S/C6H15N3.4ClH.Pd/c7-2-1-6-5-8-3-4-9-6;;;;;/h6,8-9H,1-5,7H2;4*1H;/q;;;;;+4/p-4. The third kappa shape index (κ3) is 13.7. The molecule has 1 saturated heterocycles. The van der Waals surface area contributed by atoms with Gasteiger partial charge in [0.2, 0.25) is 0 Å². The summed E-state index contributed by atoms with van der Waals surface area (Å²) in [6.07, 6.45) is 1.09. The predicted octanol–water partition coefficient (Wildman–Crippen LogP) is 1.65. The van der Waals surface area contributed by atoms with Gasteiger partial charge in [-0.05, 0) is 13.0 Å². The third-order valence-electron chi connectivity index (χ3n) is 1.64. The van der Waals surface area contributed by atoms with Gasteiger partial charge in [-0.1, -0.05) is 0 Å². The molecule has 0 saturated carbocycles. The Labute approximate surface area is 104 Å². The molecule has 1 fully saturated rings. The fourth-order valence-electron chi connectivity index (χ4n) is 1.12. The molecule has 92 valence electrons. The molecular formula is C6H15Cl4N3Pd. The third-order valence-corrected chi connectivity index (χ3v) is 1.64. The van der Waals surface area contributed by atoms with Gasteiger partial charge in [0.05, 0.1) is 0 Å². The van der Waals surface area contributed by atoms with E-state index < -0.39 is 11.5 Å². The summed E-state index contributed by atoms with van der Waals surface area (Å²) in [5.74, 6) is 0. The van der Waals surface area contributed by atoms with E-state index in [2.05, 4.69) is 10.6 Å². The first-order valence-electron chi connectivity index (χ1n) is 4.05. The van der Waals surface area contributed by atoms with Crippen molar-refractivity contribution in [2.24, 2.45) is 5.73 Å². The molecule has 0 spiro atoms. The Bertz CT molecular complexity index is 129. The molecule has 1 rings (SSSR count). The topological polar surface area (TPSA) is 50.1 Å². The van der Waals surface area contributed by atoms with Crippen LogP contribution in [0, 0.1) is 0 Å². The molecule has 0 aromatic carbocycles. The van der Waals surface area contributed by atoms with E-state index in [1.54, 1.807) is 0 Å². The summed E-state index contributed by atoms with van der Waals surface area (Å²) in [5.41, 5.74) is 5.39. The van der Waals surface area contributed by atoms with E-state index in [4.69, 9.17) is 43.8 Å². The minimum absolute atomic E-state index is 0.615. The van der Waals surface area contributed by atoms with E-state index in [9.17, 15) is 0 Å². The van der Waals surface area contributed by atoms with Crippen molar-refractivity contribution in [3.63, 3.8) is 0 Å². The molecule has 1 unspecified atom stereocenters. The normalized spacial score (nSPS) is 23.6. The zero-order chi connectivity index (χ0) is 11.0. The molecule has 8 heteroatoms. The molecule has 0 aromatic rings. The molecule has 0 bridgehead atoms. The zero-order valence-electron chi connectivity index (χ0n) is 7.52. The van der Waals surface area contributed by atoms with E-state index in [0.717, 1.165) is 32.6 Å². The van der Waals surface area contributed by atoms with Crippen molar-refractivity contribution < 1.29 is 11.5 Å². The monoisotopic (exact) mass is 375 g/mol. The zero-order valence-corrected chi connectivity index (χ0v) is 12.1. The van der Waals surface area contributed by atoms with Crippen LogP contribution in [0.5, 0.6) is 0 Å². The number of hydrogen-bond acceptors (Lipinski definition) is 3. The second kappa shape index (κ2) is 8.81. The van der Waals surface area contributed by atoms with Gasteiger partial charge in [0.1, 0.15) is 0 Å².